The van der Waals surface area contributed by atoms with Gasteiger partial charge in [0, 0.05) is 6.54 Å². The number of unbranched alkanes of at least 4 members (excludes halogenated alkanes) is 5. The second-order valence-electron chi connectivity index (χ2n) is 3.77. The SMILES string of the molecule is C[B]S(=O)(=O)C(N)=NCCCCCCCC. The molecule has 0 aliphatic rings. The minimum Gasteiger partial charge on any atom is -0.375 e. The van der Waals surface area contributed by atoms with Gasteiger partial charge >= 0.3 is 0 Å². The van der Waals surface area contributed by atoms with E-state index in [1.165, 1.54) is 32.5 Å². The third kappa shape index (κ3) is 6.88. The Bertz CT molecular complexity index is 302. The van der Waals surface area contributed by atoms with Crippen molar-refractivity contribution in [3.8, 4) is 0 Å². The average Bonchev–Trinajstić information content (AvgIpc) is 2.27. The van der Waals surface area contributed by atoms with E-state index in [-0.39, 0.29) is 5.17 Å². The zero-order valence-corrected chi connectivity index (χ0v) is 11.1. The topological polar surface area (TPSA) is 72.5 Å². The van der Waals surface area contributed by atoms with E-state index in [0.717, 1.165) is 19.4 Å². The highest BCUT2D eigenvalue weighted by molar-refractivity contribution is 8.26. The van der Waals surface area contributed by atoms with E-state index in [1.54, 1.807) is 0 Å². The third-order valence-corrected chi connectivity index (χ3v) is 3.71. The van der Waals surface area contributed by atoms with Gasteiger partial charge < -0.3 is 5.73 Å². The van der Waals surface area contributed by atoms with Gasteiger partial charge in [-0.2, -0.15) is 0 Å². The van der Waals surface area contributed by atoms with Gasteiger partial charge in [0.25, 0.3) is 6.56 Å². The van der Waals surface area contributed by atoms with Crippen molar-refractivity contribution in [3.05, 3.63) is 0 Å². The van der Waals surface area contributed by atoms with Crippen LogP contribution in [-0.2, 0) is 9.69 Å². The molecule has 0 saturated carbocycles. The summed E-state index contributed by atoms with van der Waals surface area (Å²) < 4.78 is 22.4. The molecule has 0 aromatic carbocycles. The van der Waals surface area contributed by atoms with Crippen LogP contribution in [0.5, 0.6) is 0 Å². The second-order valence-corrected chi connectivity index (χ2v) is 5.75. The maximum absolute atomic E-state index is 11.2. The molecule has 0 atom stereocenters. The molecule has 16 heavy (non-hydrogen) atoms. The summed E-state index contributed by atoms with van der Waals surface area (Å²) >= 11 is 0. The first-order valence-corrected chi connectivity index (χ1v) is 7.43. The van der Waals surface area contributed by atoms with E-state index >= 15 is 0 Å². The number of rotatable bonds is 8. The quantitative estimate of drug-likeness (QED) is 0.306. The van der Waals surface area contributed by atoms with Crippen LogP contribution in [0.3, 0.4) is 0 Å². The lowest BCUT2D eigenvalue weighted by Gasteiger charge is -2.00. The van der Waals surface area contributed by atoms with Crippen LogP contribution in [0.4, 0.5) is 0 Å². The maximum atomic E-state index is 11.2. The van der Waals surface area contributed by atoms with Crippen molar-refractivity contribution in [2.24, 2.45) is 10.7 Å². The molecular weight excluding hydrogens is 223 g/mol. The van der Waals surface area contributed by atoms with Crippen molar-refractivity contribution in [1.29, 1.82) is 0 Å². The molecule has 1 radical (unpaired) electrons. The lowest BCUT2D eigenvalue weighted by molar-refractivity contribution is 0.610. The molecule has 0 spiro atoms. The maximum Gasteiger partial charge on any atom is 0.287 e. The van der Waals surface area contributed by atoms with Crippen LogP contribution >= 0.6 is 0 Å². The second kappa shape index (κ2) is 8.62. The highest BCUT2D eigenvalue weighted by atomic mass is 32.2. The average molecular weight is 245 g/mol. The van der Waals surface area contributed by atoms with Crippen LogP contribution < -0.4 is 5.73 Å². The Morgan fingerprint density at radius 3 is 2.31 bits per heavy atom. The summed E-state index contributed by atoms with van der Waals surface area (Å²) in [6, 6.07) is 0. The van der Waals surface area contributed by atoms with Crippen LogP contribution in [-0.4, -0.2) is 26.7 Å². The van der Waals surface area contributed by atoms with Crippen molar-refractivity contribution in [3.63, 3.8) is 0 Å². The number of nitrogens with zero attached hydrogens (tertiary/aromatic N) is 1. The number of nitrogens with two attached hydrogens (primary N) is 1. The first-order valence-electron chi connectivity index (χ1n) is 5.89. The Morgan fingerprint density at radius 1 is 1.19 bits per heavy atom. The molecule has 0 aromatic rings. The van der Waals surface area contributed by atoms with Crippen LogP contribution in [0.25, 0.3) is 0 Å². The fourth-order valence-electron chi connectivity index (χ4n) is 1.29. The van der Waals surface area contributed by atoms with Gasteiger partial charge in [0.1, 0.15) is 0 Å². The van der Waals surface area contributed by atoms with Gasteiger partial charge in [-0.05, 0) is 6.42 Å². The summed E-state index contributed by atoms with van der Waals surface area (Å²) in [5.41, 5.74) is 5.36. The van der Waals surface area contributed by atoms with E-state index in [2.05, 4.69) is 11.9 Å². The molecule has 4 nitrogen and oxygen atoms in total. The Balaban J connectivity index is 3.68. The molecule has 0 aliphatic carbocycles. The molecular formula is C10H22BN2O2S. The van der Waals surface area contributed by atoms with Gasteiger partial charge in [0.05, 0.1) is 0 Å². The third-order valence-electron chi connectivity index (χ3n) is 2.38. The van der Waals surface area contributed by atoms with Crippen molar-refractivity contribution in [1.82, 2.24) is 0 Å². The lowest BCUT2D eigenvalue weighted by Crippen LogP contribution is -2.27. The Hall–Kier alpha value is -0.515. The number of aliphatic imine (C=N–C) groups is 1. The number of amidine groups is 1. The smallest absolute Gasteiger partial charge is 0.287 e. The van der Waals surface area contributed by atoms with Crippen molar-refractivity contribution < 1.29 is 8.42 Å². The molecule has 0 heterocycles. The van der Waals surface area contributed by atoms with E-state index in [1.807, 2.05) is 0 Å². The molecule has 0 bridgehead atoms. The zero-order valence-electron chi connectivity index (χ0n) is 10.3. The molecule has 0 aliphatic heterocycles. The van der Waals surface area contributed by atoms with Crippen LogP contribution in [0.15, 0.2) is 4.99 Å². The van der Waals surface area contributed by atoms with Crippen LogP contribution in [0, 0.1) is 0 Å². The van der Waals surface area contributed by atoms with Gasteiger partial charge in [-0.1, -0.05) is 45.9 Å². The summed E-state index contributed by atoms with van der Waals surface area (Å²) in [5, 5.41) is -0.261. The van der Waals surface area contributed by atoms with Crippen molar-refractivity contribution in [2.75, 3.05) is 6.54 Å². The highest BCUT2D eigenvalue weighted by Gasteiger charge is 2.13. The summed E-state index contributed by atoms with van der Waals surface area (Å²) in [7, 11) is -3.40. The molecule has 0 amide bonds. The Kier molecular flexibility index (Phi) is 8.34. The van der Waals surface area contributed by atoms with Crippen molar-refractivity contribution in [2.45, 2.75) is 52.3 Å². The van der Waals surface area contributed by atoms with E-state index in [9.17, 15) is 8.42 Å². The van der Waals surface area contributed by atoms with Gasteiger partial charge in [0.2, 0.25) is 5.17 Å². The zero-order chi connectivity index (χ0) is 12.4. The summed E-state index contributed by atoms with van der Waals surface area (Å²) in [5.74, 6) is 0. The normalized spacial score (nSPS) is 12.8. The lowest BCUT2D eigenvalue weighted by atomic mass is 10.1. The number of hydrogen-bond acceptors (Lipinski definition) is 3. The predicted octanol–water partition coefficient (Wildman–Crippen LogP) is 1.74. The van der Waals surface area contributed by atoms with Crippen molar-refractivity contribution >= 4 is 21.4 Å². The van der Waals surface area contributed by atoms with E-state index in [0.29, 0.717) is 6.54 Å². The molecule has 0 fully saturated rings. The molecule has 6 heteroatoms. The molecule has 0 rings (SSSR count). The Morgan fingerprint density at radius 2 is 1.75 bits per heavy atom. The fourth-order valence-corrected chi connectivity index (χ4v) is 1.80. The molecule has 0 saturated heterocycles. The minimum absolute atomic E-state index is 0.261. The molecule has 2 N–H and O–H groups in total. The number of hydrogen-bond donors (Lipinski definition) is 1. The van der Waals surface area contributed by atoms with E-state index < -0.39 is 9.69 Å². The minimum atomic E-state index is -3.40. The van der Waals surface area contributed by atoms with Gasteiger partial charge in [-0.25, -0.2) is 8.42 Å². The molecule has 93 valence electrons. The van der Waals surface area contributed by atoms with Gasteiger partial charge in [0.15, 0.2) is 9.69 Å². The van der Waals surface area contributed by atoms with Gasteiger partial charge in [-0.3, -0.25) is 4.99 Å². The Labute approximate surface area is 99.8 Å². The van der Waals surface area contributed by atoms with Gasteiger partial charge in [-0.15, -0.1) is 0 Å². The van der Waals surface area contributed by atoms with Crippen LogP contribution in [0.1, 0.15) is 45.4 Å². The van der Waals surface area contributed by atoms with Crippen LogP contribution in [0.2, 0.25) is 6.82 Å². The first-order chi connectivity index (χ1) is 7.54. The fraction of sp³-hybridized carbons (Fsp3) is 0.900. The molecule has 0 aromatic heterocycles. The molecule has 0 unspecified atom stereocenters. The first kappa shape index (κ1) is 15.5. The summed E-state index contributed by atoms with van der Waals surface area (Å²) in [6.07, 6.45) is 6.93. The highest BCUT2D eigenvalue weighted by Crippen LogP contribution is 2.04. The summed E-state index contributed by atoms with van der Waals surface area (Å²) in [6.45, 7) is 5.21. The standard InChI is InChI=1S/C10H22BN2O2S/c1-3-4-5-6-7-8-9-13-10(12)16(14,15)11-2/h3-9H2,1-2H3,(H2,12,13). The monoisotopic (exact) mass is 245 g/mol. The predicted molar refractivity (Wildman–Crippen MR) is 70.4 cm³/mol. The van der Waals surface area contributed by atoms with E-state index in [4.69, 9.17) is 5.73 Å². The largest absolute Gasteiger partial charge is 0.375 e. The summed E-state index contributed by atoms with van der Waals surface area (Å²) in [4.78, 5) is 3.86.